The van der Waals surface area contributed by atoms with E-state index < -0.39 is 24.3 Å². The lowest BCUT2D eigenvalue weighted by atomic mass is 9.97. The topological polar surface area (TPSA) is 92.5 Å². The van der Waals surface area contributed by atoms with E-state index in [0.29, 0.717) is 31.2 Å². The van der Waals surface area contributed by atoms with Gasteiger partial charge in [0.1, 0.15) is 0 Å². The van der Waals surface area contributed by atoms with Crippen molar-refractivity contribution in [1.29, 1.82) is 0 Å². The van der Waals surface area contributed by atoms with E-state index in [-0.39, 0.29) is 0 Å². The van der Waals surface area contributed by atoms with Crippen LogP contribution in [0.15, 0.2) is 97.1 Å². The maximum absolute atomic E-state index is 10.2. The van der Waals surface area contributed by atoms with Crippen LogP contribution in [0.4, 0.5) is 0 Å². The first-order valence-electron chi connectivity index (χ1n) is 11.0. The molecule has 4 rings (SSSR count). The number of hydrogen-bond acceptors (Lipinski definition) is 4. The molecular formula is C28H26Cl4N2O2. The molecule has 8 heteroatoms. The molecule has 4 atom stereocenters. The van der Waals surface area contributed by atoms with Gasteiger partial charge in [0.15, 0.2) is 0 Å². The van der Waals surface area contributed by atoms with Crippen molar-refractivity contribution in [2.75, 3.05) is 0 Å². The monoisotopic (exact) mass is 562 g/mol. The predicted octanol–water partition coefficient (Wildman–Crippen LogP) is 7.45. The summed E-state index contributed by atoms with van der Waals surface area (Å²) in [5.74, 6) is 0. The lowest BCUT2D eigenvalue weighted by molar-refractivity contribution is 0.147. The third kappa shape index (κ3) is 7.94. The number of rotatable bonds is 6. The molecule has 188 valence electrons. The van der Waals surface area contributed by atoms with Gasteiger partial charge in [-0.1, -0.05) is 94.9 Å². The molecule has 0 unspecified atom stereocenters. The van der Waals surface area contributed by atoms with Crippen molar-refractivity contribution in [2.45, 2.75) is 24.3 Å². The van der Waals surface area contributed by atoms with Crippen LogP contribution in [0.3, 0.4) is 0 Å². The summed E-state index contributed by atoms with van der Waals surface area (Å²) >= 11 is 23.4. The molecule has 0 radical (unpaired) electrons. The molecule has 0 aliphatic carbocycles. The standard InChI is InChI=1S/2C14H13Cl2NO/c2*15-11-6-4-9(5-7-11)13(17)14(18)10-2-1-3-12(16)8-10/h2*1-8,13-14,18H,17H2/t2*13-,14+/m10/s1. The molecule has 0 amide bonds. The van der Waals surface area contributed by atoms with Crippen LogP contribution in [0.1, 0.15) is 46.5 Å². The number of aliphatic hydroxyl groups excluding tert-OH is 2. The number of nitrogens with two attached hydrogens (primary N) is 2. The molecule has 0 bridgehead atoms. The normalized spacial score (nSPS) is 14.2. The fourth-order valence-corrected chi connectivity index (χ4v) is 4.18. The molecule has 0 heterocycles. The van der Waals surface area contributed by atoms with Gasteiger partial charge in [-0.3, -0.25) is 0 Å². The Labute approximate surface area is 231 Å². The third-order valence-electron chi connectivity index (χ3n) is 5.57. The number of hydrogen-bond donors (Lipinski definition) is 4. The van der Waals surface area contributed by atoms with Gasteiger partial charge in [-0.2, -0.15) is 0 Å². The van der Waals surface area contributed by atoms with Crippen molar-refractivity contribution < 1.29 is 10.2 Å². The molecule has 4 nitrogen and oxygen atoms in total. The van der Waals surface area contributed by atoms with Gasteiger partial charge in [-0.25, -0.2) is 0 Å². The van der Waals surface area contributed by atoms with Crippen molar-refractivity contribution in [3.8, 4) is 0 Å². The average Bonchev–Trinajstić information content (AvgIpc) is 2.88. The molecule has 4 aromatic carbocycles. The number of aliphatic hydroxyl groups is 2. The van der Waals surface area contributed by atoms with Crippen molar-refractivity contribution in [1.82, 2.24) is 0 Å². The zero-order chi connectivity index (χ0) is 26.2. The third-order valence-corrected chi connectivity index (χ3v) is 6.54. The van der Waals surface area contributed by atoms with E-state index >= 15 is 0 Å². The molecule has 0 fully saturated rings. The van der Waals surface area contributed by atoms with Crippen LogP contribution < -0.4 is 11.5 Å². The van der Waals surface area contributed by atoms with Crippen molar-refractivity contribution in [2.24, 2.45) is 11.5 Å². The van der Waals surface area contributed by atoms with Gasteiger partial charge in [-0.15, -0.1) is 0 Å². The first kappa shape index (κ1) is 28.5. The largest absolute Gasteiger partial charge is 0.386 e. The molecule has 0 saturated heterocycles. The second kappa shape index (κ2) is 13.4. The van der Waals surface area contributed by atoms with Crippen molar-refractivity contribution in [3.63, 3.8) is 0 Å². The minimum Gasteiger partial charge on any atom is -0.386 e. The molecule has 0 aromatic heterocycles. The highest BCUT2D eigenvalue weighted by Crippen LogP contribution is 2.30. The van der Waals surface area contributed by atoms with Crippen LogP contribution in [0.5, 0.6) is 0 Å². The molecule has 4 aromatic rings. The SMILES string of the molecule is N[C@@H](c1ccc(Cl)cc1)[C@H](O)c1cccc(Cl)c1.N[C@H](c1ccc(Cl)cc1)[C@@H](O)c1cccc(Cl)c1. The summed E-state index contributed by atoms with van der Waals surface area (Å²) in [5.41, 5.74) is 15.1. The van der Waals surface area contributed by atoms with Gasteiger partial charge >= 0.3 is 0 Å². The predicted molar refractivity (Wildman–Crippen MR) is 150 cm³/mol. The van der Waals surface area contributed by atoms with E-state index in [0.717, 1.165) is 11.1 Å². The number of halogens is 4. The Balaban J connectivity index is 0.000000201. The van der Waals surface area contributed by atoms with E-state index in [2.05, 4.69) is 0 Å². The first-order valence-corrected chi connectivity index (χ1v) is 12.6. The van der Waals surface area contributed by atoms with Crippen LogP contribution in [-0.4, -0.2) is 10.2 Å². The summed E-state index contributed by atoms with van der Waals surface area (Å²) in [7, 11) is 0. The minimum atomic E-state index is -0.801. The second-order valence-electron chi connectivity index (χ2n) is 8.15. The van der Waals surface area contributed by atoms with Gasteiger partial charge in [0, 0.05) is 20.1 Å². The summed E-state index contributed by atoms with van der Waals surface area (Å²) in [5, 5.41) is 22.9. The van der Waals surface area contributed by atoms with E-state index in [1.807, 2.05) is 0 Å². The molecule has 0 aliphatic heterocycles. The Morgan fingerprint density at radius 1 is 0.444 bits per heavy atom. The lowest BCUT2D eigenvalue weighted by Crippen LogP contribution is -2.19. The molecular weight excluding hydrogens is 538 g/mol. The fourth-order valence-electron chi connectivity index (χ4n) is 3.53. The highest BCUT2D eigenvalue weighted by Gasteiger charge is 2.20. The Morgan fingerprint density at radius 3 is 1.08 bits per heavy atom. The van der Waals surface area contributed by atoms with Crippen LogP contribution in [0.2, 0.25) is 20.1 Å². The zero-order valence-corrected chi connectivity index (χ0v) is 22.1. The van der Waals surface area contributed by atoms with E-state index in [1.165, 1.54) is 0 Å². The van der Waals surface area contributed by atoms with Crippen LogP contribution in [-0.2, 0) is 0 Å². The average molecular weight is 564 g/mol. The zero-order valence-electron chi connectivity index (χ0n) is 19.1. The van der Waals surface area contributed by atoms with Gasteiger partial charge in [0.05, 0.1) is 24.3 Å². The van der Waals surface area contributed by atoms with Gasteiger partial charge in [-0.05, 0) is 70.8 Å². The molecule has 0 aliphatic rings. The molecule has 6 N–H and O–H groups in total. The highest BCUT2D eigenvalue weighted by atomic mass is 35.5. The maximum atomic E-state index is 10.2. The first-order chi connectivity index (χ1) is 17.2. The molecule has 36 heavy (non-hydrogen) atoms. The highest BCUT2D eigenvalue weighted by molar-refractivity contribution is 6.31. The Morgan fingerprint density at radius 2 is 0.778 bits per heavy atom. The van der Waals surface area contributed by atoms with Crippen LogP contribution >= 0.6 is 46.4 Å². The second-order valence-corrected chi connectivity index (χ2v) is 9.90. The van der Waals surface area contributed by atoms with E-state index in [9.17, 15) is 10.2 Å². The van der Waals surface area contributed by atoms with E-state index in [1.54, 1.807) is 97.1 Å². The smallest absolute Gasteiger partial charge is 0.0983 e. The van der Waals surface area contributed by atoms with Gasteiger partial charge in [0.25, 0.3) is 0 Å². The van der Waals surface area contributed by atoms with Crippen LogP contribution in [0, 0.1) is 0 Å². The van der Waals surface area contributed by atoms with Crippen LogP contribution in [0.25, 0.3) is 0 Å². The summed E-state index contributed by atoms with van der Waals surface area (Å²) in [6.45, 7) is 0. The molecule has 0 saturated carbocycles. The van der Waals surface area contributed by atoms with Crippen molar-refractivity contribution >= 4 is 46.4 Å². The number of benzene rings is 4. The Hall–Kier alpha value is -2.12. The van der Waals surface area contributed by atoms with Gasteiger partial charge in [0.2, 0.25) is 0 Å². The summed E-state index contributed by atoms with van der Waals surface area (Å²) < 4.78 is 0. The fraction of sp³-hybridized carbons (Fsp3) is 0.143. The van der Waals surface area contributed by atoms with E-state index in [4.69, 9.17) is 57.9 Å². The summed E-state index contributed by atoms with van der Waals surface area (Å²) in [6.07, 6.45) is -1.60. The molecule has 0 spiro atoms. The minimum absolute atomic E-state index is 0.513. The van der Waals surface area contributed by atoms with Crippen molar-refractivity contribution in [3.05, 3.63) is 139 Å². The Bertz CT molecular complexity index is 1150. The summed E-state index contributed by atoms with van der Waals surface area (Å²) in [4.78, 5) is 0. The Kier molecular flexibility index (Phi) is 10.6. The lowest BCUT2D eigenvalue weighted by Gasteiger charge is -2.19. The quantitative estimate of drug-likeness (QED) is 0.196. The maximum Gasteiger partial charge on any atom is 0.0983 e. The van der Waals surface area contributed by atoms with Gasteiger partial charge < -0.3 is 21.7 Å². The summed E-state index contributed by atoms with van der Waals surface area (Å²) in [6, 6.07) is 27.3.